The van der Waals surface area contributed by atoms with E-state index in [0.717, 1.165) is 11.1 Å². The zero-order valence-electron chi connectivity index (χ0n) is 20.7. The van der Waals surface area contributed by atoms with E-state index in [1.807, 2.05) is 13.8 Å². The fourth-order valence-corrected chi connectivity index (χ4v) is 6.04. The molecule has 2 heterocycles. The molecule has 10 nitrogen and oxygen atoms in total. The second-order valence-corrected chi connectivity index (χ2v) is 12.5. The Kier molecular flexibility index (Phi) is 7.36. The average Bonchev–Trinajstić information content (AvgIpc) is 3.10. The molecule has 0 N–H and O–H groups in total. The number of hydrogen-bond donors (Lipinski definition) is 0. The van der Waals surface area contributed by atoms with E-state index in [1.165, 1.54) is 31.4 Å². The van der Waals surface area contributed by atoms with Gasteiger partial charge < -0.3 is 18.9 Å². The zero-order valence-corrected chi connectivity index (χ0v) is 22.3. The summed E-state index contributed by atoms with van der Waals surface area (Å²) in [5.74, 6) is -2.64. The summed E-state index contributed by atoms with van der Waals surface area (Å²) in [6.45, 7) is 6.32. The van der Waals surface area contributed by atoms with Gasteiger partial charge in [0.25, 0.3) is 20.2 Å². The van der Waals surface area contributed by atoms with Crippen molar-refractivity contribution < 1.29 is 44.1 Å². The van der Waals surface area contributed by atoms with Crippen molar-refractivity contribution in [1.82, 2.24) is 0 Å². The van der Waals surface area contributed by atoms with Crippen molar-refractivity contribution in [3.05, 3.63) is 59.7 Å². The van der Waals surface area contributed by atoms with Crippen molar-refractivity contribution in [1.29, 1.82) is 0 Å². The summed E-state index contributed by atoms with van der Waals surface area (Å²) in [5, 5.41) is 0. The molecule has 0 radical (unpaired) electrons. The standard InChI is InChI=1S/C24H30O10S2/c1-16-6-10-18(11-7-16)35(25,26)31-14-20-21(34-36(27,28)19-12-8-17(2)9-13-19)22-24(29-5,32-20)15-30-23(3,4)33-22/h6-13,20-22H,14-15H2,1-5H3/t20-,21-,22+,24+/m1/s1. The summed E-state index contributed by atoms with van der Waals surface area (Å²) in [6.07, 6.45) is -3.55. The van der Waals surface area contributed by atoms with Gasteiger partial charge in [0.1, 0.15) is 24.9 Å². The Morgan fingerprint density at radius 3 is 1.92 bits per heavy atom. The highest BCUT2D eigenvalue weighted by Crippen LogP contribution is 2.43. The van der Waals surface area contributed by atoms with E-state index in [4.69, 9.17) is 27.3 Å². The highest BCUT2D eigenvalue weighted by molar-refractivity contribution is 7.87. The van der Waals surface area contributed by atoms with E-state index in [1.54, 1.807) is 38.1 Å². The van der Waals surface area contributed by atoms with Crippen LogP contribution >= 0.6 is 0 Å². The summed E-state index contributed by atoms with van der Waals surface area (Å²) in [7, 11) is -7.10. The van der Waals surface area contributed by atoms with E-state index >= 15 is 0 Å². The maximum atomic E-state index is 13.2. The number of hydrogen-bond acceptors (Lipinski definition) is 10. The first-order valence-electron chi connectivity index (χ1n) is 11.3. The molecule has 0 bridgehead atoms. The minimum absolute atomic E-state index is 0.0459. The molecule has 2 aliphatic heterocycles. The van der Waals surface area contributed by atoms with Gasteiger partial charge in [0.05, 0.1) is 16.4 Å². The third kappa shape index (κ3) is 5.50. The average molecular weight is 543 g/mol. The molecular formula is C24H30O10S2. The minimum atomic E-state index is -4.29. The molecule has 12 heteroatoms. The molecule has 0 aliphatic carbocycles. The quantitative estimate of drug-likeness (QED) is 0.460. The molecule has 0 aromatic heterocycles. The Morgan fingerprint density at radius 1 is 0.861 bits per heavy atom. The van der Waals surface area contributed by atoms with Crippen LogP contribution in [0, 0.1) is 13.8 Å². The molecule has 0 amide bonds. The molecule has 0 spiro atoms. The fourth-order valence-electron chi connectivity index (χ4n) is 4.02. The first kappa shape index (κ1) is 27.1. The summed E-state index contributed by atoms with van der Waals surface area (Å²) >= 11 is 0. The van der Waals surface area contributed by atoms with Crippen LogP contribution in [0.25, 0.3) is 0 Å². The van der Waals surface area contributed by atoms with Gasteiger partial charge in [0.15, 0.2) is 5.79 Å². The number of rotatable bonds is 8. The topological polar surface area (TPSA) is 124 Å². The molecule has 36 heavy (non-hydrogen) atoms. The van der Waals surface area contributed by atoms with E-state index < -0.39 is 56.7 Å². The summed E-state index contributed by atoms with van der Waals surface area (Å²) < 4.78 is 86.1. The van der Waals surface area contributed by atoms with E-state index in [9.17, 15) is 16.8 Å². The van der Waals surface area contributed by atoms with Crippen molar-refractivity contribution in [2.75, 3.05) is 20.3 Å². The third-order valence-corrected chi connectivity index (χ3v) is 8.69. The molecule has 2 aromatic carbocycles. The van der Waals surface area contributed by atoms with Crippen LogP contribution in [0.15, 0.2) is 58.3 Å². The van der Waals surface area contributed by atoms with Crippen LogP contribution in [0.1, 0.15) is 25.0 Å². The van der Waals surface area contributed by atoms with Gasteiger partial charge in [-0.2, -0.15) is 16.8 Å². The largest absolute Gasteiger partial charge is 0.349 e. The van der Waals surface area contributed by atoms with Gasteiger partial charge in [-0.15, -0.1) is 0 Å². The fraction of sp³-hybridized carbons (Fsp3) is 0.500. The highest BCUT2D eigenvalue weighted by atomic mass is 32.2. The van der Waals surface area contributed by atoms with Crippen molar-refractivity contribution >= 4 is 20.2 Å². The number of benzene rings is 2. The van der Waals surface area contributed by atoms with Gasteiger partial charge in [0, 0.05) is 7.11 Å². The summed E-state index contributed by atoms with van der Waals surface area (Å²) in [5.41, 5.74) is 1.76. The molecule has 2 saturated heterocycles. The molecule has 0 saturated carbocycles. The second kappa shape index (κ2) is 9.76. The molecule has 4 atom stereocenters. The van der Waals surface area contributed by atoms with Crippen LogP contribution in [0.2, 0.25) is 0 Å². The maximum Gasteiger partial charge on any atom is 0.297 e. The summed E-state index contributed by atoms with van der Waals surface area (Å²) in [4.78, 5) is -0.114. The Balaban J connectivity index is 1.64. The minimum Gasteiger partial charge on any atom is -0.349 e. The van der Waals surface area contributed by atoms with Crippen LogP contribution in [0.4, 0.5) is 0 Å². The van der Waals surface area contributed by atoms with Gasteiger partial charge in [0.2, 0.25) is 5.79 Å². The normalized spacial score (nSPS) is 28.1. The summed E-state index contributed by atoms with van der Waals surface area (Å²) in [6, 6.07) is 12.3. The maximum absolute atomic E-state index is 13.2. The number of ether oxygens (including phenoxy) is 4. The highest BCUT2D eigenvalue weighted by Gasteiger charge is 2.63. The van der Waals surface area contributed by atoms with E-state index in [2.05, 4.69) is 0 Å². The van der Waals surface area contributed by atoms with Gasteiger partial charge in [-0.1, -0.05) is 35.4 Å². The first-order chi connectivity index (χ1) is 16.8. The SMILES string of the molecule is CO[C@]12COC(C)(C)O[C@H]1[C@H](OS(=O)(=O)c1ccc(C)cc1)[C@@H](COS(=O)(=O)c1ccc(C)cc1)O2. The van der Waals surface area contributed by atoms with Crippen LogP contribution in [-0.2, 0) is 47.5 Å². The smallest absolute Gasteiger partial charge is 0.297 e. The van der Waals surface area contributed by atoms with Gasteiger partial charge in [-0.05, 0) is 52.0 Å². The Morgan fingerprint density at radius 2 is 1.39 bits per heavy atom. The first-order valence-corrected chi connectivity index (χ1v) is 14.1. The predicted molar refractivity (Wildman–Crippen MR) is 127 cm³/mol. The molecule has 0 unspecified atom stereocenters. The molecular weight excluding hydrogens is 512 g/mol. The number of aryl methyl sites for hydroxylation is 2. The van der Waals surface area contributed by atoms with E-state index in [-0.39, 0.29) is 16.4 Å². The number of fused-ring (bicyclic) bond motifs is 1. The van der Waals surface area contributed by atoms with Gasteiger partial charge in [-0.25, -0.2) is 0 Å². The van der Waals surface area contributed by atoms with Crippen molar-refractivity contribution in [3.8, 4) is 0 Å². The molecule has 4 rings (SSSR count). The van der Waals surface area contributed by atoms with Crippen molar-refractivity contribution in [2.45, 2.75) is 67.4 Å². The van der Waals surface area contributed by atoms with Crippen LogP contribution in [0.5, 0.6) is 0 Å². The predicted octanol–water partition coefficient (Wildman–Crippen LogP) is 2.68. The third-order valence-electron chi connectivity index (χ3n) is 6.07. The van der Waals surface area contributed by atoms with Crippen LogP contribution in [0.3, 0.4) is 0 Å². The Hall–Kier alpha value is -1.90. The van der Waals surface area contributed by atoms with E-state index in [0.29, 0.717) is 0 Å². The lowest BCUT2D eigenvalue weighted by atomic mass is 10.0. The van der Waals surface area contributed by atoms with Gasteiger partial charge >= 0.3 is 0 Å². The van der Waals surface area contributed by atoms with Crippen LogP contribution in [-0.4, -0.2) is 67.0 Å². The lowest BCUT2D eigenvalue weighted by Crippen LogP contribution is -2.59. The Bertz CT molecular complexity index is 1290. The molecule has 2 aliphatic rings. The Labute approximate surface area is 211 Å². The lowest BCUT2D eigenvalue weighted by Gasteiger charge is -2.44. The second-order valence-electron chi connectivity index (χ2n) is 9.28. The van der Waals surface area contributed by atoms with Crippen molar-refractivity contribution in [3.63, 3.8) is 0 Å². The zero-order chi connectivity index (χ0) is 26.4. The molecule has 198 valence electrons. The van der Waals surface area contributed by atoms with Gasteiger partial charge in [-0.3, -0.25) is 8.37 Å². The lowest BCUT2D eigenvalue weighted by molar-refractivity contribution is -0.384. The monoisotopic (exact) mass is 542 g/mol. The molecule has 2 aromatic rings. The van der Waals surface area contributed by atoms with Crippen LogP contribution < -0.4 is 0 Å². The van der Waals surface area contributed by atoms with Crippen molar-refractivity contribution in [2.24, 2.45) is 0 Å². The molecule has 2 fully saturated rings. The number of methoxy groups -OCH3 is 1.